The van der Waals surface area contributed by atoms with Crippen molar-refractivity contribution in [3.63, 3.8) is 0 Å². The standard InChI is InChI=1S/C11H16N2O2S/c1-7-9(5-10(14)15)16-11(12-7)8-3-4-13(2)6-8/h8H,3-6H2,1-2H3,(H,14,15). The van der Waals surface area contributed by atoms with E-state index in [9.17, 15) is 4.79 Å². The third-order valence-corrected chi connectivity index (χ3v) is 4.28. The third kappa shape index (κ3) is 2.41. The summed E-state index contributed by atoms with van der Waals surface area (Å²) in [5.74, 6) is -0.280. The van der Waals surface area contributed by atoms with E-state index in [2.05, 4.69) is 16.9 Å². The molecule has 1 aromatic rings. The largest absolute Gasteiger partial charge is 0.481 e. The lowest BCUT2D eigenvalue weighted by Gasteiger charge is -2.06. The second-order valence-electron chi connectivity index (χ2n) is 4.38. The fourth-order valence-corrected chi connectivity index (χ4v) is 3.25. The quantitative estimate of drug-likeness (QED) is 0.870. The molecule has 0 aliphatic carbocycles. The van der Waals surface area contributed by atoms with Crippen molar-refractivity contribution in [2.24, 2.45) is 0 Å². The highest BCUT2D eigenvalue weighted by Crippen LogP contribution is 2.31. The number of hydrogen-bond acceptors (Lipinski definition) is 4. The molecule has 2 heterocycles. The zero-order valence-electron chi connectivity index (χ0n) is 9.56. The Hall–Kier alpha value is -0.940. The van der Waals surface area contributed by atoms with Crippen molar-refractivity contribution in [2.75, 3.05) is 20.1 Å². The molecule has 1 fully saturated rings. The van der Waals surface area contributed by atoms with Crippen molar-refractivity contribution in [1.82, 2.24) is 9.88 Å². The number of aromatic nitrogens is 1. The van der Waals surface area contributed by atoms with Gasteiger partial charge in [0.2, 0.25) is 0 Å². The van der Waals surface area contributed by atoms with Crippen molar-refractivity contribution in [2.45, 2.75) is 25.7 Å². The molecule has 5 heteroatoms. The molecular formula is C11H16N2O2S. The number of likely N-dealkylation sites (tertiary alicyclic amines) is 1. The van der Waals surface area contributed by atoms with Crippen molar-refractivity contribution < 1.29 is 9.90 Å². The predicted octanol–water partition coefficient (Wildman–Crippen LogP) is 1.50. The highest BCUT2D eigenvalue weighted by molar-refractivity contribution is 7.12. The zero-order chi connectivity index (χ0) is 11.7. The van der Waals surface area contributed by atoms with E-state index < -0.39 is 5.97 Å². The first-order valence-corrected chi connectivity index (χ1v) is 6.24. The molecule has 1 aliphatic heterocycles. The van der Waals surface area contributed by atoms with Crippen LogP contribution in [0, 0.1) is 6.92 Å². The minimum Gasteiger partial charge on any atom is -0.481 e. The molecule has 1 N–H and O–H groups in total. The van der Waals surface area contributed by atoms with Crippen LogP contribution in [0.4, 0.5) is 0 Å². The number of rotatable bonds is 3. The molecule has 2 rings (SSSR count). The van der Waals surface area contributed by atoms with Crippen LogP contribution in [0.25, 0.3) is 0 Å². The van der Waals surface area contributed by atoms with Crippen LogP contribution in [-0.4, -0.2) is 41.1 Å². The van der Waals surface area contributed by atoms with E-state index >= 15 is 0 Å². The molecule has 0 spiro atoms. The molecule has 0 bridgehead atoms. The fourth-order valence-electron chi connectivity index (χ4n) is 2.06. The number of aryl methyl sites for hydroxylation is 1. The summed E-state index contributed by atoms with van der Waals surface area (Å²) in [5, 5.41) is 9.89. The number of carboxylic acids is 1. The normalized spacial score (nSPS) is 21.5. The van der Waals surface area contributed by atoms with E-state index in [-0.39, 0.29) is 6.42 Å². The summed E-state index contributed by atoms with van der Waals surface area (Å²) in [7, 11) is 2.11. The molecule has 0 amide bonds. The molecule has 0 radical (unpaired) electrons. The summed E-state index contributed by atoms with van der Waals surface area (Å²) < 4.78 is 0. The van der Waals surface area contributed by atoms with Gasteiger partial charge in [0.25, 0.3) is 0 Å². The average Bonchev–Trinajstić information content (AvgIpc) is 2.74. The second kappa shape index (κ2) is 4.51. The van der Waals surface area contributed by atoms with Crippen molar-refractivity contribution >= 4 is 17.3 Å². The summed E-state index contributed by atoms with van der Waals surface area (Å²) in [4.78, 5) is 18.4. The lowest BCUT2D eigenvalue weighted by molar-refractivity contribution is -0.136. The summed E-state index contributed by atoms with van der Waals surface area (Å²) in [6.45, 7) is 4.05. The fraction of sp³-hybridized carbons (Fsp3) is 0.636. The second-order valence-corrected chi connectivity index (χ2v) is 5.49. The molecule has 1 aliphatic rings. The zero-order valence-corrected chi connectivity index (χ0v) is 10.4. The SMILES string of the molecule is Cc1nc(C2CCN(C)C2)sc1CC(=O)O. The lowest BCUT2D eigenvalue weighted by Crippen LogP contribution is -2.13. The van der Waals surface area contributed by atoms with Crippen LogP contribution in [0.3, 0.4) is 0 Å². The predicted molar refractivity (Wildman–Crippen MR) is 63.0 cm³/mol. The van der Waals surface area contributed by atoms with E-state index in [1.165, 1.54) is 0 Å². The van der Waals surface area contributed by atoms with Crippen LogP contribution in [0.1, 0.15) is 27.9 Å². The Kier molecular flexibility index (Phi) is 3.25. The first kappa shape index (κ1) is 11.5. The van der Waals surface area contributed by atoms with Gasteiger partial charge in [-0.25, -0.2) is 4.98 Å². The van der Waals surface area contributed by atoms with Gasteiger partial charge in [-0.2, -0.15) is 0 Å². The number of likely N-dealkylation sites (N-methyl/N-ethyl adjacent to an activating group) is 1. The van der Waals surface area contributed by atoms with Crippen LogP contribution >= 0.6 is 11.3 Å². The molecule has 0 saturated carbocycles. The molecule has 1 unspecified atom stereocenters. The maximum absolute atomic E-state index is 10.7. The Bertz CT molecular complexity index is 403. The molecule has 1 aromatic heterocycles. The van der Waals surface area contributed by atoms with Gasteiger partial charge >= 0.3 is 5.97 Å². The van der Waals surface area contributed by atoms with Crippen molar-refractivity contribution in [3.8, 4) is 0 Å². The summed E-state index contributed by atoms with van der Waals surface area (Å²) >= 11 is 1.57. The minimum atomic E-state index is -0.776. The van der Waals surface area contributed by atoms with E-state index in [0.29, 0.717) is 5.92 Å². The first-order chi connectivity index (χ1) is 7.56. The van der Waals surface area contributed by atoms with Crippen LogP contribution in [0.2, 0.25) is 0 Å². The van der Waals surface area contributed by atoms with E-state index in [0.717, 1.165) is 35.1 Å². The number of nitrogens with zero attached hydrogens (tertiary/aromatic N) is 2. The van der Waals surface area contributed by atoms with E-state index in [1.54, 1.807) is 11.3 Å². The molecule has 4 nitrogen and oxygen atoms in total. The van der Waals surface area contributed by atoms with E-state index in [4.69, 9.17) is 5.11 Å². The molecule has 1 atom stereocenters. The highest BCUT2D eigenvalue weighted by atomic mass is 32.1. The lowest BCUT2D eigenvalue weighted by atomic mass is 10.1. The Balaban J connectivity index is 2.14. The van der Waals surface area contributed by atoms with Crippen LogP contribution in [-0.2, 0) is 11.2 Å². The summed E-state index contributed by atoms with van der Waals surface area (Å²) in [6, 6.07) is 0. The molecule has 16 heavy (non-hydrogen) atoms. The Morgan fingerprint density at radius 3 is 3.00 bits per heavy atom. The summed E-state index contributed by atoms with van der Waals surface area (Å²) in [5.41, 5.74) is 0.886. The maximum atomic E-state index is 10.7. The Labute approximate surface area is 98.9 Å². The van der Waals surface area contributed by atoms with Gasteiger partial charge in [0.15, 0.2) is 0 Å². The molecule has 1 saturated heterocycles. The molecular weight excluding hydrogens is 224 g/mol. The van der Waals surface area contributed by atoms with Gasteiger partial charge in [-0.05, 0) is 26.9 Å². The molecule has 0 aromatic carbocycles. The van der Waals surface area contributed by atoms with Gasteiger partial charge in [-0.1, -0.05) is 0 Å². The van der Waals surface area contributed by atoms with Gasteiger partial charge in [-0.3, -0.25) is 4.79 Å². The Morgan fingerprint density at radius 2 is 2.44 bits per heavy atom. The van der Waals surface area contributed by atoms with Crippen molar-refractivity contribution in [3.05, 3.63) is 15.6 Å². The number of aliphatic carboxylic acids is 1. The van der Waals surface area contributed by atoms with Gasteiger partial charge in [0, 0.05) is 17.3 Å². The van der Waals surface area contributed by atoms with Gasteiger partial charge in [0.1, 0.15) is 0 Å². The Morgan fingerprint density at radius 1 is 1.69 bits per heavy atom. The van der Waals surface area contributed by atoms with Crippen LogP contribution in [0.5, 0.6) is 0 Å². The average molecular weight is 240 g/mol. The number of hydrogen-bond donors (Lipinski definition) is 1. The van der Waals surface area contributed by atoms with E-state index in [1.807, 2.05) is 6.92 Å². The highest BCUT2D eigenvalue weighted by Gasteiger charge is 2.25. The number of carboxylic acid groups (broad SMARTS) is 1. The van der Waals surface area contributed by atoms with Crippen molar-refractivity contribution in [1.29, 1.82) is 0 Å². The number of thiazole rings is 1. The van der Waals surface area contributed by atoms with Crippen LogP contribution < -0.4 is 0 Å². The van der Waals surface area contributed by atoms with Gasteiger partial charge < -0.3 is 10.0 Å². The van der Waals surface area contributed by atoms with Gasteiger partial charge in [0.05, 0.1) is 17.1 Å². The minimum absolute atomic E-state index is 0.103. The topological polar surface area (TPSA) is 53.4 Å². The maximum Gasteiger partial charge on any atom is 0.308 e. The van der Waals surface area contributed by atoms with Crippen LogP contribution in [0.15, 0.2) is 0 Å². The monoisotopic (exact) mass is 240 g/mol. The van der Waals surface area contributed by atoms with Gasteiger partial charge in [-0.15, -0.1) is 11.3 Å². The molecule has 88 valence electrons. The smallest absolute Gasteiger partial charge is 0.308 e. The number of carbonyl (C=O) groups is 1. The first-order valence-electron chi connectivity index (χ1n) is 5.43. The summed E-state index contributed by atoms with van der Waals surface area (Å²) in [6.07, 6.45) is 1.24. The third-order valence-electron chi connectivity index (χ3n) is 2.96.